The third-order valence-electron chi connectivity index (χ3n) is 8.28. The standard InChI is InChI=1S/C40H25N5O/c1-4-12-26(13-5-1)37-42-38(44-39(43-37)29-20-22-33-36(25-29)46-40(41-33)27-14-6-2-7-15-27)28-21-23-35-32(24-28)31-18-10-11-19-34(31)45(35)30-16-8-3-9-17-30/h1-25H. The summed E-state index contributed by atoms with van der Waals surface area (Å²) in [6, 6.07) is 51.2. The molecule has 0 saturated heterocycles. The van der Waals surface area contributed by atoms with Gasteiger partial charge < -0.3 is 8.98 Å². The lowest BCUT2D eigenvalue weighted by Crippen LogP contribution is -2.00. The van der Waals surface area contributed by atoms with Gasteiger partial charge in [-0.3, -0.25) is 0 Å². The van der Waals surface area contributed by atoms with E-state index in [4.69, 9.17) is 24.4 Å². The van der Waals surface area contributed by atoms with Crippen LogP contribution < -0.4 is 0 Å². The second-order valence-electron chi connectivity index (χ2n) is 11.2. The number of benzene rings is 6. The molecule has 3 aromatic heterocycles. The van der Waals surface area contributed by atoms with E-state index >= 15 is 0 Å². The van der Waals surface area contributed by atoms with Crippen LogP contribution in [0.15, 0.2) is 156 Å². The molecule has 0 aliphatic rings. The van der Waals surface area contributed by atoms with Crippen LogP contribution in [0.1, 0.15) is 0 Å². The summed E-state index contributed by atoms with van der Waals surface area (Å²) in [5, 5.41) is 2.31. The van der Waals surface area contributed by atoms with E-state index in [1.165, 1.54) is 5.39 Å². The second kappa shape index (κ2) is 10.6. The summed E-state index contributed by atoms with van der Waals surface area (Å²) in [5.41, 5.74) is 8.43. The minimum atomic E-state index is 0.565. The molecule has 6 heteroatoms. The van der Waals surface area contributed by atoms with E-state index in [-0.39, 0.29) is 0 Å². The maximum atomic E-state index is 6.19. The topological polar surface area (TPSA) is 69.6 Å². The van der Waals surface area contributed by atoms with Crippen LogP contribution in [0.2, 0.25) is 0 Å². The van der Waals surface area contributed by atoms with Crippen molar-refractivity contribution in [3.8, 4) is 51.3 Å². The van der Waals surface area contributed by atoms with Crippen LogP contribution in [-0.2, 0) is 0 Å². The Kier molecular flexibility index (Phi) is 6.03. The highest BCUT2D eigenvalue weighted by Crippen LogP contribution is 2.35. The quantitative estimate of drug-likeness (QED) is 0.199. The first kappa shape index (κ1) is 26.0. The van der Waals surface area contributed by atoms with Crippen molar-refractivity contribution in [2.45, 2.75) is 0 Å². The number of fused-ring (bicyclic) bond motifs is 4. The predicted octanol–water partition coefficient (Wildman–Crippen LogP) is 9.78. The molecule has 3 heterocycles. The fourth-order valence-corrected chi connectivity index (χ4v) is 6.09. The third-order valence-corrected chi connectivity index (χ3v) is 8.28. The van der Waals surface area contributed by atoms with Crippen molar-refractivity contribution >= 4 is 32.9 Å². The monoisotopic (exact) mass is 591 g/mol. The smallest absolute Gasteiger partial charge is 0.227 e. The number of aromatic nitrogens is 5. The van der Waals surface area contributed by atoms with Gasteiger partial charge in [0.2, 0.25) is 5.89 Å². The highest BCUT2D eigenvalue weighted by Gasteiger charge is 2.17. The SMILES string of the molecule is c1ccc(-c2nc(-c3ccc4nc(-c5ccccc5)oc4c3)nc(-c3ccc4c(c3)c3ccccc3n4-c3ccccc3)n2)cc1. The van der Waals surface area contributed by atoms with Crippen molar-refractivity contribution in [2.24, 2.45) is 0 Å². The molecule has 0 bridgehead atoms. The maximum absolute atomic E-state index is 6.19. The van der Waals surface area contributed by atoms with E-state index in [1.54, 1.807) is 0 Å². The molecule has 6 nitrogen and oxygen atoms in total. The van der Waals surface area contributed by atoms with Gasteiger partial charge in [0.05, 0.1) is 11.0 Å². The molecule has 9 aromatic rings. The molecule has 0 unspecified atom stereocenters. The zero-order valence-electron chi connectivity index (χ0n) is 24.6. The van der Waals surface area contributed by atoms with Crippen LogP contribution in [-0.4, -0.2) is 24.5 Å². The van der Waals surface area contributed by atoms with Crippen molar-refractivity contribution < 1.29 is 4.42 Å². The van der Waals surface area contributed by atoms with Crippen LogP contribution in [0, 0.1) is 0 Å². The summed E-state index contributed by atoms with van der Waals surface area (Å²) < 4.78 is 8.49. The molecule has 0 amide bonds. The first-order chi connectivity index (χ1) is 22.8. The van der Waals surface area contributed by atoms with Gasteiger partial charge in [0.25, 0.3) is 0 Å². The van der Waals surface area contributed by atoms with E-state index in [9.17, 15) is 0 Å². The lowest BCUT2D eigenvalue weighted by molar-refractivity contribution is 0.620. The summed E-state index contributed by atoms with van der Waals surface area (Å²) >= 11 is 0. The number of hydrogen-bond donors (Lipinski definition) is 0. The molecule has 0 radical (unpaired) electrons. The van der Waals surface area contributed by atoms with Gasteiger partial charge in [-0.2, -0.15) is 0 Å². The normalized spacial score (nSPS) is 11.5. The number of para-hydroxylation sites is 2. The van der Waals surface area contributed by atoms with Crippen LogP contribution in [0.5, 0.6) is 0 Å². The Morgan fingerprint density at radius 2 is 0.978 bits per heavy atom. The first-order valence-corrected chi connectivity index (χ1v) is 15.2. The van der Waals surface area contributed by atoms with Crippen molar-refractivity contribution in [3.63, 3.8) is 0 Å². The molecule has 0 saturated carbocycles. The minimum absolute atomic E-state index is 0.565. The van der Waals surface area contributed by atoms with Crippen molar-refractivity contribution in [3.05, 3.63) is 152 Å². The minimum Gasteiger partial charge on any atom is -0.436 e. The fourth-order valence-electron chi connectivity index (χ4n) is 6.09. The van der Waals surface area contributed by atoms with Crippen LogP contribution in [0.25, 0.3) is 84.2 Å². The maximum Gasteiger partial charge on any atom is 0.227 e. The average molecular weight is 592 g/mol. The first-order valence-electron chi connectivity index (χ1n) is 15.2. The summed E-state index contributed by atoms with van der Waals surface area (Å²) in [7, 11) is 0. The zero-order chi connectivity index (χ0) is 30.5. The Hall–Kier alpha value is -6.40. The number of nitrogens with zero attached hydrogens (tertiary/aromatic N) is 5. The van der Waals surface area contributed by atoms with Gasteiger partial charge in [0.15, 0.2) is 23.1 Å². The van der Waals surface area contributed by atoms with Crippen molar-refractivity contribution in [1.29, 1.82) is 0 Å². The van der Waals surface area contributed by atoms with Gasteiger partial charge in [-0.15, -0.1) is 0 Å². The third kappa shape index (κ3) is 4.43. The molecule has 216 valence electrons. The summed E-state index contributed by atoms with van der Waals surface area (Å²) in [6.45, 7) is 0. The summed E-state index contributed by atoms with van der Waals surface area (Å²) in [5.74, 6) is 2.35. The molecule has 0 spiro atoms. The lowest BCUT2D eigenvalue weighted by atomic mass is 10.1. The predicted molar refractivity (Wildman–Crippen MR) is 183 cm³/mol. The van der Waals surface area contributed by atoms with Gasteiger partial charge in [-0.05, 0) is 66.7 Å². The van der Waals surface area contributed by atoms with Crippen LogP contribution >= 0.6 is 0 Å². The molecule has 0 fully saturated rings. The zero-order valence-corrected chi connectivity index (χ0v) is 24.6. The molecule has 9 rings (SSSR count). The molecular formula is C40H25N5O. The highest BCUT2D eigenvalue weighted by atomic mass is 16.3. The Bertz CT molecular complexity index is 2520. The van der Waals surface area contributed by atoms with Gasteiger partial charge in [-0.25, -0.2) is 19.9 Å². The van der Waals surface area contributed by atoms with E-state index < -0.39 is 0 Å². The summed E-state index contributed by atoms with van der Waals surface area (Å²) in [4.78, 5) is 19.7. The number of hydrogen-bond acceptors (Lipinski definition) is 5. The Balaban J connectivity index is 1.22. The molecule has 6 aromatic carbocycles. The van der Waals surface area contributed by atoms with Crippen LogP contribution in [0.4, 0.5) is 0 Å². The number of oxazole rings is 1. The fraction of sp³-hybridized carbons (Fsp3) is 0. The molecule has 46 heavy (non-hydrogen) atoms. The number of rotatable bonds is 5. The summed E-state index contributed by atoms with van der Waals surface area (Å²) in [6.07, 6.45) is 0. The van der Waals surface area contributed by atoms with E-state index in [2.05, 4.69) is 71.3 Å². The van der Waals surface area contributed by atoms with Gasteiger partial charge in [-0.1, -0.05) is 84.9 Å². The van der Waals surface area contributed by atoms with Gasteiger partial charge in [0, 0.05) is 38.7 Å². The average Bonchev–Trinajstić information content (AvgIpc) is 3.71. The molecular weight excluding hydrogens is 566 g/mol. The Morgan fingerprint density at radius 3 is 1.72 bits per heavy atom. The van der Waals surface area contributed by atoms with E-state index in [0.29, 0.717) is 28.9 Å². The molecule has 0 aliphatic carbocycles. The Labute approximate surface area is 264 Å². The Morgan fingerprint density at radius 1 is 0.413 bits per heavy atom. The largest absolute Gasteiger partial charge is 0.436 e. The van der Waals surface area contributed by atoms with E-state index in [1.807, 2.05) is 84.9 Å². The lowest BCUT2D eigenvalue weighted by Gasteiger charge is -2.09. The van der Waals surface area contributed by atoms with E-state index in [0.717, 1.165) is 49.9 Å². The highest BCUT2D eigenvalue weighted by molar-refractivity contribution is 6.10. The molecule has 0 N–H and O–H groups in total. The molecule has 0 aliphatic heterocycles. The van der Waals surface area contributed by atoms with Crippen LogP contribution in [0.3, 0.4) is 0 Å². The van der Waals surface area contributed by atoms with Gasteiger partial charge >= 0.3 is 0 Å². The molecule has 0 atom stereocenters. The van der Waals surface area contributed by atoms with Crippen molar-refractivity contribution in [2.75, 3.05) is 0 Å². The van der Waals surface area contributed by atoms with Gasteiger partial charge in [0.1, 0.15) is 5.52 Å². The van der Waals surface area contributed by atoms with Crippen molar-refractivity contribution in [1.82, 2.24) is 24.5 Å². The second-order valence-corrected chi connectivity index (χ2v) is 11.2.